The van der Waals surface area contributed by atoms with Gasteiger partial charge in [-0.2, -0.15) is 0 Å². The zero-order valence-electron chi connectivity index (χ0n) is 39.8. The van der Waals surface area contributed by atoms with Crippen molar-refractivity contribution in [2.45, 2.75) is 285 Å². The van der Waals surface area contributed by atoms with Gasteiger partial charge in [0.15, 0.2) is 6.10 Å². The summed E-state index contributed by atoms with van der Waals surface area (Å²) in [5.74, 6) is 1.63. The monoisotopic (exact) mass is 821 g/mol. The van der Waals surface area contributed by atoms with E-state index >= 15 is 0 Å². The van der Waals surface area contributed by atoms with Crippen LogP contribution >= 0.6 is 0 Å². The Morgan fingerprint density at radius 2 is 0.603 bits per heavy atom. The normalized spacial score (nSPS) is 12.6. The molecule has 0 N–H and O–H groups in total. The van der Waals surface area contributed by atoms with Crippen molar-refractivity contribution in [2.24, 2.45) is 17.8 Å². The minimum Gasteiger partial charge on any atom is -0.462 e. The van der Waals surface area contributed by atoms with Crippen LogP contribution in [0.25, 0.3) is 0 Å². The summed E-state index contributed by atoms with van der Waals surface area (Å²) < 4.78 is 16.8. The minimum atomic E-state index is -0.763. The summed E-state index contributed by atoms with van der Waals surface area (Å²) in [4.78, 5) is 37.9. The van der Waals surface area contributed by atoms with Crippen LogP contribution in [0.4, 0.5) is 0 Å². The molecule has 0 aromatic carbocycles. The summed E-state index contributed by atoms with van der Waals surface area (Å²) in [5, 5.41) is 0. The summed E-state index contributed by atoms with van der Waals surface area (Å²) in [7, 11) is 0. The van der Waals surface area contributed by atoms with Crippen LogP contribution < -0.4 is 0 Å². The van der Waals surface area contributed by atoms with E-state index in [0.29, 0.717) is 19.3 Å². The van der Waals surface area contributed by atoms with Gasteiger partial charge in [0, 0.05) is 19.3 Å². The molecule has 0 aromatic rings. The first-order valence-corrected chi connectivity index (χ1v) is 25.6. The fraction of sp³-hybridized carbons (Fsp3) is 0.942. The molecule has 0 radical (unpaired) electrons. The van der Waals surface area contributed by atoms with Crippen LogP contribution in [0.1, 0.15) is 279 Å². The Balaban J connectivity index is 4.29. The number of rotatable bonds is 45. The molecule has 58 heavy (non-hydrogen) atoms. The van der Waals surface area contributed by atoms with E-state index in [4.69, 9.17) is 14.2 Å². The Morgan fingerprint density at radius 1 is 0.345 bits per heavy atom. The highest BCUT2D eigenvalue weighted by Crippen LogP contribution is 2.18. The van der Waals surface area contributed by atoms with Gasteiger partial charge in [-0.15, -0.1) is 0 Å². The van der Waals surface area contributed by atoms with Gasteiger partial charge < -0.3 is 14.2 Å². The predicted molar refractivity (Wildman–Crippen MR) is 247 cm³/mol. The average Bonchev–Trinajstić information content (AvgIpc) is 3.19. The number of carbonyl (C=O) groups is 3. The Kier molecular flexibility index (Phi) is 42.3. The van der Waals surface area contributed by atoms with Crippen LogP contribution in [0.2, 0.25) is 0 Å². The highest BCUT2D eigenvalue weighted by molar-refractivity contribution is 5.71. The third-order valence-corrected chi connectivity index (χ3v) is 12.0. The molecule has 0 saturated heterocycles. The number of ether oxygens (including phenoxy) is 3. The number of unbranched alkanes of at least 4 members (excludes halogenated alkanes) is 27. The first-order valence-electron chi connectivity index (χ1n) is 25.6. The molecule has 344 valence electrons. The topological polar surface area (TPSA) is 78.9 Å². The number of hydrogen-bond acceptors (Lipinski definition) is 6. The molecule has 0 spiro atoms. The molecule has 1 unspecified atom stereocenters. The lowest BCUT2D eigenvalue weighted by Crippen LogP contribution is -2.30. The van der Waals surface area contributed by atoms with Crippen molar-refractivity contribution in [1.82, 2.24) is 0 Å². The first kappa shape index (κ1) is 56.4. The summed E-state index contributed by atoms with van der Waals surface area (Å²) in [6.45, 7) is 13.7. The molecule has 0 aliphatic heterocycles. The van der Waals surface area contributed by atoms with Gasteiger partial charge in [-0.05, 0) is 37.0 Å². The van der Waals surface area contributed by atoms with Crippen LogP contribution in [0, 0.1) is 17.8 Å². The van der Waals surface area contributed by atoms with Crippen molar-refractivity contribution in [3.63, 3.8) is 0 Å². The molecule has 6 nitrogen and oxygen atoms in total. The molecule has 0 saturated carbocycles. The van der Waals surface area contributed by atoms with E-state index in [1.807, 2.05) is 0 Å². The molecule has 0 aromatic heterocycles. The largest absolute Gasteiger partial charge is 0.462 e. The minimum absolute atomic E-state index is 0.0654. The molecule has 2 atom stereocenters. The van der Waals surface area contributed by atoms with E-state index in [9.17, 15) is 14.4 Å². The van der Waals surface area contributed by atoms with E-state index in [-0.39, 0.29) is 31.1 Å². The highest BCUT2D eigenvalue weighted by atomic mass is 16.6. The first-order chi connectivity index (χ1) is 28.1. The van der Waals surface area contributed by atoms with Crippen molar-refractivity contribution in [1.29, 1.82) is 0 Å². The Bertz CT molecular complexity index is 900. The Morgan fingerprint density at radius 3 is 0.897 bits per heavy atom. The van der Waals surface area contributed by atoms with Crippen molar-refractivity contribution >= 4 is 17.9 Å². The Labute approximate surface area is 361 Å². The van der Waals surface area contributed by atoms with Gasteiger partial charge in [-0.1, -0.05) is 241 Å². The van der Waals surface area contributed by atoms with Crippen molar-refractivity contribution < 1.29 is 28.6 Å². The van der Waals surface area contributed by atoms with Crippen LogP contribution in [0.15, 0.2) is 0 Å². The second kappa shape index (κ2) is 43.5. The molecule has 0 rings (SSSR count). The van der Waals surface area contributed by atoms with Crippen molar-refractivity contribution in [3.8, 4) is 0 Å². The summed E-state index contributed by atoms with van der Waals surface area (Å²) in [6.07, 6.45) is 42.3. The SMILES string of the molecule is CCC(C)CCCCCCCCCCCCC(=O)OC[C@H](COC(=O)CCCCCCCCCCCCCCCC(C)C)OC(=O)CCCCCCCCCC(C)C. The molecule has 0 heterocycles. The quantitative estimate of drug-likeness (QED) is 0.0346. The average molecular weight is 821 g/mol. The standard InChI is InChI=1S/C52H100O6/c1-7-48(6)40-34-28-22-16-13-14-18-24-30-36-42-51(54)57-45-49(58-52(55)43-37-31-25-19-21-27-33-39-47(4)5)44-56-50(53)41-35-29-23-17-12-10-8-9-11-15-20-26-32-38-46(2)3/h46-49H,7-45H2,1-6H3/t48?,49-/m0/s1. The van der Waals surface area contributed by atoms with Crippen molar-refractivity contribution in [2.75, 3.05) is 13.2 Å². The Hall–Kier alpha value is -1.59. The van der Waals surface area contributed by atoms with Crippen molar-refractivity contribution in [3.05, 3.63) is 0 Å². The molecule has 0 fully saturated rings. The summed E-state index contributed by atoms with van der Waals surface area (Å²) in [5.41, 5.74) is 0. The highest BCUT2D eigenvalue weighted by Gasteiger charge is 2.19. The smallest absolute Gasteiger partial charge is 0.306 e. The van der Waals surface area contributed by atoms with Gasteiger partial charge in [0.1, 0.15) is 13.2 Å². The third-order valence-electron chi connectivity index (χ3n) is 12.0. The maximum Gasteiger partial charge on any atom is 0.306 e. The van der Waals surface area contributed by atoms with Gasteiger partial charge in [-0.25, -0.2) is 0 Å². The van der Waals surface area contributed by atoms with E-state index < -0.39 is 6.10 Å². The van der Waals surface area contributed by atoms with Crippen LogP contribution in [-0.4, -0.2) is 37.2 Å². The van der Waals surface area contributed by atoms with Gasteiger partial charge in [0.25, 0.3) is 0 Å². The summed E-state index contributed by atoms with van der Waals surface area (Å²) >= 11 is 0. The molecular weight excluding hydrogens is 721 g/mol. The molecule has 0 aliphatic carbocycles. The van der Waals surface area contributed by atoms with E-state index in [1.54, 1.807) is 0 Å². The molecular formula is C52H100O6. The van der Waals surface area contributed by atoms with Crippen LogP contribution in [-0.2, 0) is 28.6 Å². The summed E-state index contributed by atoms with van der Waals surface area (Å²) in [6, 6.07) is 0. The van der Waals surface area contributed by atoms with Gasteiger partial charge in [0.2, 0.25) is 0 Å². The molecule has 0 bridgehead atoms. The predicted octanol–water partition coefficient (Wildman–Crippen LogP) is 16.4. The van der Waals surface area contributed by atoms with E-state index in [1.165, 1.54) is 161 Å². The third kappa shape index (κ3) is 44.0. The maximum absolute atomic E-state index is 12.7. The maximum atomic E-state index is 12.7. The van der Waals surface area contributed by atoms with Crippen LogP contribution in [0.5, 0.6) is 0 Å². The molecule has 0 aliphatic rings. The lowest BCUT2D eigenvalue weighted by Gasteiger charge is -2.18. The fourth-order valence-corrected chi connectivity index (χ4v) is 7.73. The lowest BCUT2D eigenvalue weighted by atomic mass is 9.99. The number of carbonyl (C=O) groups excluding carboxylic acids is 3. The fourth-order valence-electron chi connectivity index (χ4n) is 7.73. The van der Waals surface area contributed by atoms with Gasteiger partial charge >= 0.3 is 17.9 Å². The molecule has 0 amide bonds. The van der Waals surface area contributed by atoms with E-state index in [2.05, 4.69) is 41.5 Å². The van der Waals surface area contributed by atoms with Gasteiger partial charge in [0.05, 0.1) is 0 Å². The lowest BCUT2D eigenvalue weighted by molar-refractivity contribution is -0.167. The molecule has 6 heteroatoms. The van der Waals surface area contributed by atoms with Gasteiger partial charge in [-0.3, -0.25) is 14.4 Å². The number of esters is 3. The number of hydrogen-bond donors (Lipinski definition) is 0. The van der Waals surface area contributed by atoms with E-state index in [0.717, 1.165) is 75.5 Å². The second-order valence-electron chi connectivity index (χ2n) is 19.0. The zero-order chi connectivity index (χ0) is 42.7. The second-order valence-corrected chi connectivity index (χ2v) is 19.0. The van der Waals surface area contributed by atoms with Crippen LogP contribution in [0.3, 0.4) is 0 Å². The zero-order valence-corrected chi connectivity index (χ0v) is 39.8.